The zero-order valence-corrected chi connectivity index (χ0v) is 11.2. The first-order valence-corrected chi connectivity index (χ1v) is 5.90. The number of hydrogen-bond donors (Lipinski definition) is 0. The third-order valence-electron chi connectivity index (χ3n) is 1.92. The van der Waals surface area contributed by atoms with Crippen molar-refractivity contribution in [2.75, 3.05) is 0 Å². The average molecular weight is 361 g/mol. The van der Waals surface area contributed by atoms with Crippen molar-refractivity contribution in [3.05, 3.63) is 30.1 Å². The topological polar surface area (TPSA) is 26.3 Å². The number of benzene rings is 1. The van der Waals surface area contributed by atoms with Gasteiger partial charge >= 0.3 is 5.97 Å². The summed E-state index contributed by atoms with van der Waals surface area (Å²) in [7, 11) is 0. The van der Waals surface area contributed by atoms with Gasteiger partial charge in [-0.25, -0.2) is 4.79 Å². The molecule has 74 valence electrons. The average Bonchev–Trinajstić information content (AvgIpc) is 2.54. The van der Waals surface area contributed by atoms with Crippen molar-refractivity contribution in [1.82, 2.24) is 0 Å². The van der Waals surface area contributed by atoms with Gasteiger partial charge in [0, 0.05) is 10.0 Å². The number of rotatable bonds is 0. The lowest BCUT2D eigenvalue weighted by atomic mass is 10.1. The second-order valence-corrected chi connectivity index (χ2v) is 5.03. The van der Waals surface area contributed by atoms with E-state index in [0.717, 1.165) is 5.56 Å². The molecular formula is C8H2Br2Cl2O2. The van der Waals surface area contributed by atoms with Gasteiger partial charge in [0.05, 0.1) is 20.1 Å². The molecule has 1 aromatic rings. The van der Waals surface area contributed by atoms with Gasteiger partial charge in [-0.3, -0.25) is 0 Å². The van der Waals surface area contributed by atoms with Gasteiger partial charge in [-0.2, -0.15) is 0 Å². The minimum absolute atomic E-state index is 0.226. The fourth-order valence-corrected chi connectivity index (χ4v) is 2.97. The molecule has 0 atom stereocenters. The van der Waals surface area contributed by atoms with Gasteiger partial charge in [-0.15, -0.1) is 0 Å². The molecule has 0 N–H and O–H groups in total. The minimum Gasteiger partial charge on any atom is -0.457 e. The second-order valence-electron chi connectivity index (χ2n) is 2.69. The van der Waals surface area contributed by atoms with Crippen LogP contribution in [-0.2, 0) is 11.3 Å². The zero-order valence-electron chi connectivity index (χ0n) is 6.54. The molecule has 1 aromatic carbocycles. The Morgan fingerprint density at radius 2 is 1.71 bits per heavy atom. The van der Waals surface area contributed by atoms with Gasteiger partial charge in [-0.05, 0) is 31.9 Å². The van der Waals surface area contributed by atoms with Crippen molar-refractivity contribution in [3.63, 3.8) is 0 Å². The standard InChI is InChI=1S/C8H2Br2Cl2O2/c9-4-2-1-14-8(13)3(2)5(10)7(12)6(4)11/h1H2. The molecule has 1 aliphatic heterocycles. The van der Waals surface area contributed by atoms with Crippen LogP contribution in [0.5, 0.6) is 0 Å². The van der Waals surface area contributed by atoms with Crippen LogP contribution in [0.1, 0.15) is 15.9 Å². The van der Waals surface area contributed by atoms with Crippen LogP contribution in [0.3, 0.4) is 0 Å². The van der Waals surface area contributed by atoms with E-state index in [1.165, 1.54) is 0 Å². The molecule has 0 amide bonds. The van der Waals surface area contributed by atoms with E-state index in [1.807, 2.05) is 0 Å². The predicted octanol–water partition coefficient (Wildman–Crippen LogP) is 4.19. The fourth-order valence-electron chi connectivity index (χ4n) is 1.24. The SMILES string of the molecule is O=C1OCc2c(Br)c(Cl)c(Cl)c(Br)c21. The number of fused-ring (bicyclic) bond motifs is 1. The molecule has 0 saturated carbocycles. The van der Waals surface area contributed by atoms with Crippen LogP contribution >= 0.6 is 55.1 Å². The van der Waals surface area contributed by atoms with Crippen LogP contribution in [0.25, 0.3) is 0 Å². The van der Waals surface area contributed by atoms with Crippen LogP contribution in [0.2, 0.25) is 10.0 Å². The van der Waals surface area contributed by atoms with Gasteiger partial charge < -0.3 is 4.74 Å². The third kappa shape index (κ3) is 1.40. The number of carbonyl (C=O) groups excluding carboxylic acids is 1. The summed E-state index contributed by atoms with van der Waals surface area (Å²) in [5, 5.41) is 0.701. The Bertz CT molecular complexity index is 446. The summed E-state index contributed by atoms with van der Waals surface area (Å²) in [6.45, 7) is 0.226. The second kappa shape index (κ2) is 3.67. The largest absolute Gasteiger partial charge is 0.457 e. The maximum absolute atomic E-state index is 11.3. The molecule has 2 rings (SSSR count). The summed E-state index contributed by atoms with van der Waals surface area (Å²) in [5.41, 5.74) is 1.18. The molecule has 6 heteroatoms. The highest BCUT2D eigenvalue weighted by Crippen LogP contribution is 2.44. The molecule has 2 nitrogen and oxygen atoms in total. The van der Waals surface area contributed by atoms with E-state index in [9.17, 15) is 4.79 Å². The summed E-state index contributed by atoms with van der Waals surface area (Å²) in [6.07, 6.45) is 0. The minimum atomic E-state index is -0.383. The molecule has 0 radical (unpaired) electrons. The van der Waals surface area contributed by atoms with Crippen LogP contribution in [0.15, 0.2) is 8.95 Å². The highest BCUT2D eigenvalue weighted by Gasteiger charge is 2.30. The molecule has 1 heterocycles. The van der Waals surface area contributed by atoms with E-state index >= 15 is 0 Å². The lowest BCUT2D eigenvalue weighted by molar-refractivity contribution is 0.0534. The molecule has 0 fully saturated rings. The molecule has 0 bridgehead atoms. The number of carbonyl (C=O) groups is 1. The molecule has 1 aliphatic rings. The van der Waals surface area contributed by atoms with Crippen molar-refractivity contribution in [3.8, 4) is 0 Å². The quantitative estimate of drug-likeness (QED) is 0.394. The molecule has 0 spiro atoms. The van der Waals surface area contributed by atoms with Gasteiger partial charge in [-0.1, -0.05) is 23.2 Å². The summed E-state index contributed by atoms with van der Waals surface area (Å²) < 4.78 is 5.99. The summed E-state index contributed by atoms with van der Waals surface area (Å²) in [4.78, 5) is 11.3. The van der Waals surface area contributed by atoms with Gasteiger partial charge in [0.25, 0.3) is 0 Å². The normalized spacial score (nSPS) is 14.1. The lowest BCUT2D eigenvalue weighted by Crippen LogP contribution is -1.96. The Balaban J connectivity index is 2.84. The molecule has 0 aliphatic carbocycles. The van der Waals surface area contributed by atoms with Crippen molar-refractivity contribution < 1.29 is 9.53 Å². The van der Waals surface area contributed by atoms with Gasteiger partial charge in [0.2, 0.25) is 0 Å². The predicted molar refractivity (Wildman–Crippen MR) is 61.0 cm³/mol. The lowest BCUT2D eigenvalue weighted by Gasteiger charge is -2.06. The Morgan fingerprint density at radius 1 is 1.14 bits per heavy atom. The van der Waals surface area contributed by atoms with E-state index < -0.39 is 0 Å². The smallest absolute Gasteiger partial charge is 0.340 e. The molecule has 0 unspecified atom stereocenters. The fraction of sp³-hybridized carbons (Fsp3) is 0.125. The number of esters is 1. The number of halogens is 4. The first-order chi connectivity index (χ1) is 6.54. The molecular weight excluding hydrogens is 359 g/mol. The highest BCUT2D eigenvalue weighted by molar-refractivity contribution is 9.11. The molecule has 0 saturated heterocycles. The zero-order chi connectivity index (χ0) is 10.5. The first kappa shape index (κ1) is 10.7. The van der Waals surface area contributed by atoms with Crippen LogP contribution in [0, 0.1) is 0 Å². The van der Waals surface area contributed by atoms with Gasteiger partial charge in [0.15, 0.2) is 0 Å². The van der Waals surface area contributed by atoms with E-state index in [2.05, 4.69) is 31.9 Å². The van der Waals surface area contributed by atoms with Crippen molar-refractivity contribution in [2.24, 2.45) is 0 Å². The maximum atomic E-state index is 11.3. The van der Waals surface area contributed by atoms with Crippen LogP contribution in [-0.4, -0.2) is 5.97 Å². The van der Waals surface area contributed by atoms with E-state index in [-0.39, 0.29) is 12.6 Å². The first-order valence-electron chi connectivity index (χ1n) is 3.56. The summed E-state index contributed by atoms with van der Waals surface area (Å²) in [5.74, 6) is -0.383. The maximum Gasteiger partial charge on any atom is 0.340 e. The Morgan fingerprint density at radius 3 is 2.36 bits per heavy atom. The number of hydrogen-bond acceptors (Lipinski definition) is 2. The Labute approximate surface area is 107 Å². The van der Waals surface area contributed by atoms with E-state index in [0.29, 0.717) is 24.6 Å². The van der Waals surface area contributed by atoms with Crippen LogP contribution < -0.4 is 0 Å². The van der Waals surface area contributed by atoms with E-state index in [1.54, 1.807) is 0 Å². The highest BCUT2D eigenvalue weighted by atomic mass is 79.9. The van der Waals surface area contributed by atoms with Gasteiger partial charge in [0.1, 0.15) is 6.61 Å². The summed E-state index contributed by atoms with van der Waals surface area (Å²) in [6, 6.07) is 0. The van der Waals surface area contributed by atoms with Crippen molar-refractivity contribution in [1.29, 1.82) is 0 Å². The Kier molecular flexibility index (Phi) is 2.81. The van der Waals surface area contributed by atoms with E-state index in [4.69, 9.17) is 27.9 Å². The van der Waals surface area contributed by atoms with Crippen molar-refractivity contribution in [2.45, 2.75) is 6.61 Å². The Hall–Kier alpha value is 0.230. The summed E-state index contributed by atoms with van der Waals surface area (Å²) >= 11 is 18.3. The molecule has 0 aromatic heterocycles. The molecule has 14 heavy (non-hydrogen) atoms. The number of cyclic esters (lactones) is 1. The van der Waals surface area contributed by atoms with Crippen LogP contribution in [0.4, 0.5) is 0 Å². The number of ether oxygens (including phenoxy) is 1. The third-order valence-corrected chi connectivity index (χ3v) is 4.89. The monoisotopic (exact) mass is 358 g/mol. The van der Waals surface area contributed by atoms with Crippen molar-refractivity contribution >= 4 is 61.0 Å².